The standard InChI is InChI=1S/C33H34F6N4O6/c1-47-32(46)43(30(44)29(40)28(19-5-9-21(34)10-6-19)20-7-11-22(35)12-8-20)27-4-2-3-26(36)25(27)14-13-24-15-41-23(16-48-24)17-49-31(45)42-18-33(37,38)39/h2-12,23-24,28-29,41H,13-18,40H2,1H3,(H,42,45)/t23-,24+,29-/m0/s1. The van der Waals surface area contributed by atoms with Gasteiger partial charge < -0.3 is 30.6 Å². The molecule has 1 fully saturated rings. The van der Waals surface area contributed by atoms with E-state index in [1.165, 1.54) is 60.7 Å². The van der Waals surface area contributed by atoms with Crippen LogP contribution in [0.25, 0.3) is 0 Å². The fourth-order valence-corrected chi connectivity index (χ4v) is 5.31. The van der Waals surface area contributed by atoms with Crippen LogP contribution in [0.2, 0.25) is 0 Å². The first-order valence-electron chi connectivity index (χ1n) is 15.1. The molecule has 49 heavy (non-hydrogen) atoms. The van der Waals surface area contributed by atoms with Gasteiger partial charge in [0, 0.05) is 18.0 Å². The number of hydrogen-bond acceptors (Lipinski definition) is 8. The smallest absolute Gasteiger partial charge is 0.420 e. The third kappa shape index (κ3) is 10.2. The predicted octanol–water partition coefficient (Wildman–Crippen LogP) is 4.94. The third-order valence-corrected chi connectivity index (χ3v) is 7.75. The van der Waals surface area contributed by atoms with Crippen molar-refractivity contribution in [1.82, 2.24) is 10.6 Å². The highest BCUT2D eigenvalue weighted by Crippen LogP contribution is 2.32. The number of hydrogen-bond donors (Lipinski definition) is 3. The van der Waals surface area contributed by atoms with E-state index in [0.717, 1.165) is 13.2 Å². The number of alkyl carbamates (subject to hydrolysis) is 1. The van der Waals surface area contributed by atoms with Crippen molar-refractivity contribution in [3.63, 3.8) is 0 Å². The molecule has 1 aliphatic rings. The van der Waals surface area contributed by atoms with Gasteiger partial charge in [-0.1, -0.05) is 30.3 Å². The maximum Gasteiger partial charge on any atom is 0.420 e. The van der Waals surface area contributed by atoms with Gasteiger partial charge in [0.25, 0.3) is 5.91 Å². The van der Waals surface area contributed by atoms with Crippen LogP contribution in [0, 0.1) is 17.5 Å². The number of nitrogens with zero attached hydrogens (tertiary/aromatic N) is 1. The summed E-state index contributed by atoms with van der Waals surface area (Å²) in [5, 5.41) is 4.64. The van der Waals surface area contributed by atoms with Crippen molar-refractivity contribution in [2.24, 2.45) is 5.73 Å². The number of carbonyl (C=O) groups excluding carboxylic acids is 3. The largest absolute Gasteiger partial charge is 0.452 e. The fourth-order valence-electron chi connectivity index (χ4n) is 5.31. The number of methoxy groups -OCH3 is 1. The topological polar surface area (TPSA) is 132 Å². The Bertz CT molecular complexity index is 1540. The molecule has 264 valence electrons. The first-order valence-corrected chi connectivity index (χ1v) is 15.1. The van der Waals surface area contributed by atoms with Gasteiger partial charge in [-0.25, -0.2) is 27.7 Å². The van der Waals surface area contributed by atoms with E-state index in [1.54, 1.807) is 5.32 Å². The molecule has 0 saturated carbocycles. The lowest BCUT2D eigenvalue weighted by Gasteiger charge is -2.31. The van der Waals surface area contributed by atoms with Gasteiger partial charge in [-0.15, -0.1) is 0 Å². The second-order valence-electron chi connectivity index (χ2n) is 11.2. The summed E-state index contributed by atoms with van der Waals surface area (Å²) in [6.07, 6.45) is -7.29. The Balaban J connectivity index is 1.49. The average molecular weight is 697 g/mol. The number of nitrogens with two attached hydrogens (primary N) is 1. The summed E-state index contributed by atoms with van der Waals surface area (Å²) in [5.41, 5.74) is 7.14. The first-order chi connectivity index (χ1) is 23.3. The van der Waals surface area contributed by atoms with Crippen LogP contribution < -0.4 is 21.3 Å². The SMILES string of the molecule is COC(=O)N(C(=O)[C@@H](N)C(c1ccc(F)cc1)c1ccc(F)cc1)c1cccc(F)c1CC[C@@H]1CN[C@H](COC(=O)NCC(F)(F)F)CO1. The lowest BCUT2D eigenvalue weighted by atomic mass is 9.84. The Hall–Kier alpha value is -4.67. The molecule has 3 aromatic carbocycles. The van der Waals surface area contributed by atoms with Gasteiger partial charge in [0.15, 0.2) is 0 Å². The van der Waals surface area contributed by atoms with Crippen LogP contribution in [0.4, 0.5) is 41.6 Å². The number of rotatable bonds is 11. The van der Waals surface area contributed by atoms with Crippen molar-refractivity contribution in [3.05, 3.63) is 101 Å². The Morgan fingerprint density at radius 3 is 2.14 bits per heavy atom. The average Bonchev–Trinajstić information content (AvgIpc) is 3.08. The molecule has 10 nitrogen and oxygen atoms in total. The van der Waals surface area contributed by atoms with Crippen molar-refractivity contribution < 1.29 is 54.9 Å². The minimum atomic E-state index is -4.58. The van der Waals surface area contributed by atoms with E-state index in [-0.39, 0.29) is 43.9 Å². The third-order valence-electron chi connectivity index (χ3n) is 7.75. The molecule has 4 N–H and O–H groups in total. The molecule has 0 spiro atoms. The Labute approximate surface area is 277 Å². The minimum absolute atomic E-state index is 0.0231. The summed E-state index contributed by atoms with van der Waals surface area (Å²) in [7, 11) is 1.03. The highest BCUT2D eigenvalue weighted by atomic mass is 19.4. The second-order valence-corrected chi connectivity index (χ2v) is 11.2. The van der Waals surface area contributed by atoms with E-state index in [9.17, 15) is 36.3 Å². The van der Waals surface area contributed by atoms with Crippen LogP contribution in [0.15, 0.2) is 66.7 Å². The highest BCUT2D eigenvalue weighted by molar-refractivity contribution is 6.15. The lowest BCUT2D eigenvalue weighted by molar-refractivity contribution is -0.124. The predicted molar refractivity (Wildman–Crippen MR) is 164 cm³/mol. The Morgan fingerprint density at radius 2 is 1.61 bits per heavy atom. The molecule has 4 rings (SSSR count). The number of anilines is 1. The number of alkyl halides is 3. The van der Waals surface area contributed by atoms with Gasteiger partial charge in [-0.05, 0) is 60.4 Å². The molecule has 3 atom stereocenters. The van der Waals surface area contributed by atoms with Crippen molar-refractivity contribution in [2.75, 3.05) is 38.3 Å². The molecular weight excluding hydrogens is 662 g/mol. The van der Waals surface area contributed by atoms with Crippen molar-refractivity contribution in [3.8, 4) is 0 Å². The quantitative estimate of drug-likeness (QED) is 0.241. The summed E-state index contributed by atoms with van der Waals surface area (Å²) in [6.45, 7) is -1.56. The second kappa shape index (κ2) is 16.6. The Kier molecular flexibility index (Phi) is 12.6. The maximum atomic E-state index is 15.4. The molecule has 0 radical (unpaired) electrons. The molecule has 0 unspecified atom stereocenters. The van der Waals surface area contributed by atoms with E-state index >= 15 is 4.39 Å². The molecule has 1 aliphatic heterocycles. The van der Waals surface area contributed by atoms with Crippen molar-refractivity contribution in [1.29, 1.82) is 0 Å². The van der Waals surface area contributed by atoms with Crippen LogP contribution in [0.5, 0.6) is 0 Å². The van der Waals surface area contributed by atoms with Crippen LogP contribution in [-0.2, 0) is 25.4 Å². The van der Waals surface area contributed by atoms with Crippen LogP contribution in [0.3, 0.4) is 0 Å². The van der Waals surface area contributed by atoms with Gasteiger partial charge in [0.2, 0.25) is 0 Å². The maximum absolute atomic E-state index is 15.4. The first kappa shape index (κ1) is 37.2. The van der Waals surface area contributed by atoms with Gasteiger partial charge in [0.1, 0.15) is 30.6 Å². The zero-order valence-corrected chi connectivity index (χ0v) is 26.1. The van der Waals surface area contributed by atoms with Crippen LogP contribution in [0.1, 0.15) is 29.0 Å². The number of nitrogens with one attached hydrogen (secondary N) is 2. The van der Waals surface area contributed by atoms with E-state index < -0.39 is 72.4 Å². The van der Waals surface area contributed by atoms with E-state index in [2.05, 4.69) is 5.32 Å². The molecular formula is C33H34F6N4O6. The summed E-state index contributed by atoms with van der Waals surface area (Å²) >= 11 is 0. The lowest BCUT2D eigenvalue weighted by Crippen LogP contribution is -2.50. The van der Waals surface area contributed by atoms with E-state index in [1.807, 2.05) is 0 Å². The molecule has 3 aromatic rings. The van der Waals surface area contributed by atoms with Gasteiger partial charge in [-0.3, -0.25) is 4.79 Å². The number of morpholine rings is 1. The summed E-state index contributed by atoms with van der Waals surface area (Å²) in [4.78, 5) is 39.3. The number of benzene rings is 3. The number of ether oxygens (including phenoxy) is 3. The number of amides is 3. The van der Waals surface area contributed by atoms with Gasteiger partial charge >= 0.3 is 18.4 Å². The van der Waals surface area contributed by atoms with Crippen molar-refractivity contribution >= 4 is 23.8 Å². The Morgan fingerprint density at radius 1 is 1.00 bits per heavy atom. The molecule has 1 heterocycles. The number of imide groups is 1. The van der Waals surface area contributed by atoms with Gasteiger partial charge in [-0.2, -0.15) is 13.2 Å². The van der Waals surface area contributed by atoms with Crippen molar-refractivity contribution in [2.45, 2.75) is 43.1 Å². The van der Waals surface area contributed by atoms with Crippen LogP contribution >= 0.6 is 0 Å². The van der Waals surface area contributed by atoms with Crippen LogP contribution in [-0.4, -0.2) is 75.9 Å². The zero-order chi connectivity index (χ0) is 35.7. The van der Waals surface area contributed by atoms with E-state index in [0.29, 0.717) is 16.0 Å². The molecule has 0 aliphatic carbocycles. The molecule has 3 amide bonds. The molecule has 16 heteroatoms. The molecule has 1 saturated heterocycles. The number of carbonyl (C=O) groups is 3. The highest BCUT2D eigenvalue weighted by Gasteiger charge is 2.37. The molecule has 0 bridgehead atoms. The number of halogens is 6. The minimum Gasteiger partial charge on any atom is -0.452 e. The summed E-state index contributed by atoms with van der Waals surface area (Å²) in [6, 6.07) is 12.1. The van der Waals surface area contributed by atoms with E-state index in [4.69, 9.17) is 19.9 Å². The summed E-state index contributed by atoms with van der Waals surface area (Å²) < 4.78 is 95.2. The zero-order valence-electron chi connectivity index (χ0n) is 26.1. The monoisotopic (exact) mass is 696 g/mol. The van der Waals surface area contributed by atoms with Gasteiger partial charge in [0.05, 0.1) is 37.6 Å². The normalized spacial score (nSPS) is 16.9. The fraction of sp³-hybridized carbons (Fsp3) is 0.364. The molecule has 0 aromatic heterocycles. The summed E-state index contributed by atoms with van der Waals surface area (Å²) in [5.74, 6) is -3.78.